The summed E-state index contributed by atoms with van der Waals surface area (Å²) in [5, 5.41) is 12.4. The summed E-state index contributed by atoms with van der Waals surface area (Å²) < 4.78 is 6.81. The van der Waals surface area contributed by atoms with Gasteiger partial charge in [-0.1, -0.05) is 37.0 Å². The average Bonchev–Trinajstić information content (AvgIpc) is 2.64. The van der Waals surface area contributed by atoms with Gasteiger partial charge in [-0.25, -0.2) is 0 Å². The molecule has 1 heterocycles. The van der Waals surface area contributed by atoms with E-state index in [2.05, 4.69) is 42.0 Å². The van der Waals surface area contributed by atoms with Gasteiger partial charge in [0, 0.05) is 14.5 Å². The maximum atomic E-state index is 8.80. The van der Waals surface area contributed by atoms with Crippen LogP contribution in [0, 0.1) is 0 Å². The number of aliphatic hydroxyl groups excluding tert-OH is 1. The Hall–Kier alpha value is -0.720. The SMILES string of the molecule is OCc1noc(-c2cc(Br)cc(Br)c2)n1. The van der Waals surface area contributed by atoms with Gasteiger partial charge in [0.15, 0.2) is 5.82 Å². The quantitative estimate of drug-likeness (QED) is 0.918. The molecule has 0 bridgehead atoms. The van der Waals surface area contributed by atoms with E-state index >= 15 is 0 Å². The Morgan fingerprint density at radius 2 is 1.87 bits per heavy atom. The zero-order chi connectivity index (χ0) is 10.8. The van der Waals surface area contributed by atoms with Gasteiger partial charge in [-0.2, -0.15) is 4.98 Å². The first-order valence-electron chi connectivity index (χ1n) is 4.09. The molecule has 0 atom stereocenters. The molecule has 0 saturated carbocycles. The molecular weight excluding hydrogens is 328 g/mol. The molecule has 0 aliphatic rings. The van der Waals surface area contributed by atoms with E-state index in [-0.39, 0.29) is 12.4 Å². The Morgan fingerprint density at radius 3 is 2.40 bits per heavy atom. The average molecular weight is 334 g/mol. The lowest BCUT2D eigenvalue weighted by atomic mass is 10.2. The summed E-state index contributed by atoms with van der Waals surface area (Å²) in [5.74, 6) is 0.669. The van der Waals surface area contributed by atoms with Crippen LogP contribution >= 0.6 is 31.9 Å². The first-order chi connectivity index (χ1) is 7.19. The molecule has 0 fully saturated rings. The minimum Gasteiger partial charge on any atom is -0.388 e. The smallest absolute Gasteiger partial charge is 0.258 e. The third kappa shape index (κ3) is 2.45. The van der Waals surface area contributed by atoms with Crippen LogP contribution in [0.5, 0.6) is 0 Å². The third-order valence-electron chi connectivity index (χ3n) is 1.72. The maximum absolute atomic E-state index is 8.80. The van der Waals surface area contributed by atoms with Crippen LogP contribution in [0.2, 0.25) is 0 Å². The predicted octanol–water partition coefficient (Wildman–Crippen LogP) is 2.75. The number of benzene rings is 1. The van der Waals surface area contributed by atoms with Crippen molar-refractivity contribution in [1.29, 1.82) is 0 Å². The van der Waals surface area contributed by atoms with Crippen molar-refractivity contribution < 1.29 is 9.63 Å². The van der Waals surface area contributed by atoms with E-state index in [9.17, 15) is 0 Å². The van der Waals surface area contributed by atoms with Gasteiger partial charge in [0.2, 0.25) is 0 Å². The zero-order valence-electron chi connectivity index (χ0n) is 7.44. The second-order valence-electron chi connectivity index (χ2n) is 2.83. The molecular formula is C9H6Br2N2O2. The van der Waals surface area contributed by atoms with Gasteiger partial charge >= 0.3 is 0 Å². The summed E-state index contributed by atoms with van der Waals surface area (Å²) in [5.41, 5.74) is 0.795. The molecule has 6 heteroatoms. The standard InChI is InChI=1S/C9H6Br2N2O2/c10-6-1-5(2-7(11)3-6)9-12-8(4-14)13-15-9/h1-3,14H,4H2. The number of nitrogens with zero attached hydrogens (tertiary/aromatic N) is 2. The fourth-order valence-corrected chi connectivity index (χ4v) is 2.41. The van der Waals surface area contributed by atoms with Crippen molar-refractivity contribution in [2.24, 2.45) is 0 Å². The molecule has 0 unspecified atom stereocenters. The van der Waals surface area contributed by atoms with Gasteiger partial charge in [-0.15, -0.1) is 0 Å². The molecule has 15 heavy (non-hydrogen) atoms. The fourth-order valence-electron chi connectivity index (χ4n) is 1.11. The summed E-state index contributed by atoms with van der Waals surface area (Å²) in [6, 6.07) is 5.63. The van der Waals surface area contributed by atoms with E-state index in [0.717, 1.165) is 14.5 Å². The van der Waals surface area contributed by atoms with Crippen LogP contribution in [0.25, 0.3) is 11.5 Å². The number of aromatic nitrogens is 2. The molecule has 78 valence electrons. The number of aliphatic hydroxyl groups is 1. The predicted molar refractivity (Wildman–Crippen MR) is 61.1 cm³/mol. The molecule has 4 nitrogen and oxygen atoms in total. The zero-order valence-corrected chi connectivity index (χ0v) is 10.6. The van der Waals surface area contributed by atoms with Gasteiger partial charge in [0.1, 0.15) is 6.61 Å². The van der Waals surface area contributed by atoms with Crippen molar-refractivity contribution in [2.75, 3.05) is 0 Å². The number of rotatable bonds is 2. The van der Waals surface area contributed by atoms with Crippen LogP contribution in [0.4, 0.5) is 0 Å². The molecule has 0 aliphatic carbocycles. The van der Waals surface area contributed by atoms with Crippen molar-refractivity contribution in [3.8, 4) is 11.5 Å². The van der Waals surface area contributed by atoms with E-state index in [1.54, 1.807) is 0 Å². The minimum absolute atomic E-state index is 0.224. The molecule has 0 radical (unpaired) electrons. The summed E-state index contributed by atoms with van der Waals surface area (Å²) >= 11 is 6.73. The lowest BCUT2D eigenvalue weighted by molar-refractivity contribution is 0.264. The minimum atomic E-state index is -0.224. The topological polar surface area (TPSA) is 59.2 Å². The molecule has 1 aromatic heterocycles. The number of halogens is 2. The van der Waals surface area contributed by atoms with E-state index in [4.69, 9.17) is 9.63 Å². The summed E-state index contributed by atoms with van der Waals surface area (Å²) in [4.78, 5) is 4.01. The van der Waals surface area contributed by atoms with Crippen LogP contribution in [-0.4, -0.2) is 15.2 Å². The molecule has 0 aliphatic heterocycles. The monoisotopic (exact) mass is 332 g/mol. The molecule has 2 rings (SSSR count). The Balaban J connectivity index is 2.44. The first-order valence-corrected chi connectivity index (χ1v) is 5.67. The van der Waals surface area contributed by atoms with Gasteiger partial charge in [-0.05, 0) is 18.2 Å². The Labute approximate surface area is 103 Å². The Bertz CT molecular complexity index is 464. The fraction of sp³-hybridized carbons (Fsp3) is 0.111. The lowest BCUT2D eigenvalue weighted by Gasteiger charge is -1.97. The summed E-state index contributed by atoms with van der Waals surface area (Å²) in [6.07, 6.45) is 0. The van der Waals surface area contributed by atoms with Gasteiger partial charge in [0.05, 0.1) is 0 Å². The Morgan fingerprint density at radius 1 is 1.20 bits per heavy atom. The van der Waals surface area contributed by atoms with Crippen molar-refractivity contribution in [3.05, 3.63) is 33.0 Å². The highest BCUT2D eigenvalue weighted by atomic mass is 79.9. The normalized spacial score (nSPS) is 10.6. The molecule has 1 N–H and O–H groups in total. The summed E-state index contributed by atoms with van der Waals surface area (Å²) in [6.45, 7) is -0.224. The van der Waals surface area contributed by atoms with Gasteiger partial charge in [-0.3, -0.25) is 0 Å². The van der Waals surface area contributed by atoms with Crippen molar-refractivity contribution in [1.82, 2.24) is 10.1 Å². The van der Waals surface area contributed by atoms with Crippen LogP contribution < -0.4 is 0 Å². The van der Waals surface area contributed by atoms with Crippen LogP contribution in [0.15, 0.2) is 31.7 Å². The van der Waals surface area contributed by atoms with Gasteiger partial charge in [0.25, 0.3) is 5.89 Å². The molecule has 0 saturated heterocycles. The highest BCUT2D eigenvalue weighted by Gasteiger charge is 2.09. The molecule has 0 spiro atoms. The van der Waals surface area contributed by atoms with E-state index < -0.39 is 0 Å². The third-order valence-corrected chi connectivity index (χ3v) is 2.63. The van der Waals surface area contributed by atoms with Crippen molar-refractivity contribution >= 4 is 31.9 Å². The van der Waals surface area contributed by atoms with Crippen LogP contribution in [-0.2, 0) is 6.61 Å². The Kier molecular flexibility index (Phi) is 3.18. The molecule has 1 aromatic carbocycles. The van der Waals surface area contributed by atoms with Gasteiger partial charge < -0.3 is 9.63 Å². The largest absolute Gasteiger partial charge is 0.388 e. The first kappa shape index (κ1) is 10.8. The molecule has 2 aromatic rings. The second-order valence-corrected chi connectivity index (χ2v) is 4.66. The van der Waals surface area contributed by atoms with Crippen molar-refractivity contribution in [3.63, 3.8) is 0 Å². The molecule has 0 amide bonds. The highest BCUT2D eigenvalue weighted by molar-refractivity contribution is 9.11. The highest BCUT2D eigenvalue weighted by Crippen LogP contribution is 2.26. The second kappa shape index (κ2) is 4.42. The van der Waals surface area contributed by atoms with E-state index in [0.29, 0.717) is 5.89 Å². The van der Waals surface area contributed by atoms with Crippen LogP contribution in [0.3, 0.4) is 0 Å². The van der Waals surface area contributed by atoms with E-state index in [1.165, 1.54) is 0 Å². The maximum Gasteiger partial charge on any atom is 0.258 e. The number of hydrogen-bond acceptors (Lipinski definition) is 4. The summed E-state index contributed by atoms with van der Waals surface area (Å²) in [7, 11) is 0. The number of hydrogen-bond donors (Lipinski definition) is 1. The van der Waals surface area contributed by atoms with E-state index in [1.807, 2.05) is 18.2 Å². The van der Waals surface area contributed by atoms with Crippen LogP contribution in [0.1, 0.15) is 5.82 Å². The lowest BCUT2D eigenvalue weighted by Crippen LogP contribution is -1.85. The van der Waals surface area contributed by atoms with Crippen molar-refractivity contribution in [2.45, 2.75) is 6.61 Å².